The highest BCUT2D eigenvalue weighted by molar-refractivity contribution is 7.99. The third kappa shape index (κ3) is 2.30. The number of allylic oxidation sites excluding steroid dienone is 3. The van der Waals surface area contributed by atoms with Gasteiger partial charge in [-0.25, -0.2) is 0 Å². The molecule has 16 heavy (non-hydrogen) atoms. The summed E-state index contributed by atoms with van der Waals surface area (Å²) in [6.07, 6.45) is 6.12. The first-order chi connectivity index (χ1) is 7.85. The smallest absolute Gasteiger partial charge is 0.0234 e. The fraction of sp³-hybridized carbons (Fsp3) is 0.200. The summed E-state index contributed by atoms with van der Waals surface area (Å²) < 4.78 is 0. The summed E-state index contributed by atoms with van der Waals surface area (Å²) in [6.45, 7) is 7.79. The van der Waals surface area contributed by atoms with Gasteiger partial charge < -0.3 is 0 Å². The number of thioether (sulfide) groups is 1. The molecule has 1 aliphatic heterocycles. The lowest BCUT2D eigenvalue weighted by Crippen LogP contribution is -1.99. The van der Waals surface area contributed by atoms with E-state index < -0.39 is 0 Å². The number of hydrogen-bond acceptors (Lipinski definition) is 1. The maximum atomic E-state index is 3.90. The van der Waals surface area contributed by atoms with Gasteiger partial charge >= 0.3 is 0 Å². The molecule has 82 valence electrons. The van der Waals surface area contributed by atoms with E-state index in [0.717, 1.165) is 18.6 Å². The SMILES string of the molecule is C=C/C1=C(\C=C)CSc2ccccc2CC1. The molecule has 1 aromatic carbocycles. The Morgan fingerprint density at radius 2 is 1.75 bits per heavy atom. The van der Waals surface area contributed by atoms with Crippen molar-refractivity contribution in [3.05, 3.63) is 66.3 Å². The maximum Gasteiger partial charge on any atom is 0.0234 e. The minimum Gasteiger partial charge on any atom is -0.121 e. The van der Waals surface area contributed by atoms with Crippen LogP contribution in [0.5, 0.6) is 0 Å². The second-order valence-electron chi connectivity index (χ2n) is 3.86. The zero-order chi connectivity index (χ0) is 11.4. The van der Waals surface area contributed by atoms with Gasteiger partial charge in [0.2, 0.25) is 0 Å². The quantitative estimate of drug-likeness (QED) is 0.723. The van der Waals surface area contributed by atoms with E-state index in [4.69, 9.17) is 0 Å². The summed E-state index contributed by atoms with van der Waals surface area (Å²) in [4.78, 5) is 1.41. The van der Waals surface area contributed by atoms with Gasteiger partial charge in [0.25, 0.3) is 0 Å². The van der Waals surface area contributed by atoms with Gasteiger partial charge in [-0.2, -0.15) is 0 Å². The molecule has 0 saturated heterocycles. The summed E-state index contributed by atoms with van der Waals surface area (Å²) in [6, 6.07) is 8.66. The molecule has 0 spiro atoms. The standard InChI is InChI=1S/C15H16S/c1-3-12-9-10-14-7-5-6-8-15(14)16-11-13(12)4-2/h3-8H,1-2,9-11H2/b13-12-. The van der Waals surface area contributed by atoms with Crippen LogP contribution < -0.4 is 0 Å². The minimum absolute atomic E-state index is 1.00. The lowest BCUT2D eigenvalue weighted by atomic mass is 10.0. The normalized spacial score (nSPS) is 20.5. The largest absolute Gasteiger partial charge is 0.121 e. The van der Waals surface area contributed by atoms with Gasteiger partial charge in [0.05, 0.1) is 0 Å². The van der Waals surface area contributed by atoms with Crippen molar-refractivity contribution >= 4 is 11.8 Å². The highest BCUT2D eigenvalue weighted by Crippen LogP contribution is 2.31. The molecule has 0 aliphatic carbocycles. The van der Waals surface area contributed by atoms with Crippen LogP contribution in [-0.2, 0) is 6.42 Å². The minimum atomic E-state index is 1.00. The van der Waals surface area contributed by atoms with Crippen LogP contribution in [0.25, 0.3) is 0 Å². The van der Waals surface area contributed by atoms with E-state index in [1.807, 2.05) is 23.9 Å². The van der Waals surface area contributed by atoms with Gasteiger partial charge in [-0.1, -0.05) is 43.5 Å². The maximum absolute atomic E-state index is 3.90. The molecule has 0 fully saturated rings. The molecule has 0 bridgehead atoms. The topological polar surface area (TPSA) is 0 Å². The highest BCUT2D eigenvalue weighted by atomic mass is 32.2. The molecule has 1 aliphatic rings. The van der Waals surface area contributed by atoms with Crippen molar-refractivity contribution in [1.29, 1.82) is 0 Å². The van der Waals surface area contributed by atoms with E-state index in [1.54, 1.807) is 0 Å². The summed E-state index contributed by atoms with van der Waals surface area (Å²) >= 11 is 1.90. The van der Waals surface area contributed by atoms with E-state index in [2.05, 4.69) is 37.4 Å². The molecular weight excluding hydrogens is 212 g/mol. The van der Waals surface area contributed by atoms with Crippen LogP contribution in [0.15, 0.2) is 65.6 Å². The van der Waals surface area contributed by atoms with Crippen molar-refractivity contribution < 1.29 is 0 Å². The molecule has 0 atom stereocenters. The molecule has 1 aromatic rings. The molecule has 0 nitrogen and oxygen atoms in total. The Hall–Kier alpha value is -1.21. The lowest BCUT2D eigenvalue weighted by molar-refractivity contribution is 0.927. The van der Waals surface area contributed by atoms with Crippen LogP contribution >= 0.6 is 11.8 Å². The van der Waals surface area contributed by atoms with E-state index in [1.165, 1.54) is 21.6 Å². The van der Waals surface area contributed by atoms with Gasteiger partial charge in [0.15, 0.2) is 0 Å². The van der Waals surface area contributed by atoms with E-state index >= 15 is 0 Å². The van der Waals surface area contributed by atoms with E-state index in [9.17, 15) is 0 Å². The molecule has 1 heteroatoms. The second kappa shape index (κ2) is 5.22. The van der Waals surface area contributed by atoms with Crippen molar-refractivity contribution in [2.24, 2.45) is 0 Å². The molecule has 0 aromatic heterocycles. The first-order valence-electron chi connectivity index (χ1n) is 5.52. The van der Waals surface area contributed by atoms with Crippen LogP contribution in [0, 0.1) is 0 Å². The Balaban J connectivity index is 2.32. The summed E-state index contributed by atoms with van der Waals surface area (Å²) in [5.74, 6) is 1.00. The average molecular weight is 228 g/mol. The van der Waals surface area contributed by atoms with E-state index in [-0.39, 0.29) is 0 Å². The van der Waals surface area contributed by atoms with Crippen molar-refractivity contribution in [2.75, 3.05) is 5.75 Å². The molecule has 0 N–H and O–H groups in total. The van der Waals surface area contributed by atoms with Crippen LogP contribution in [-0.4, -0.2) is 5.75 Å². The number of hydrogen-bond donors (Lipinski definition) is 0. The Morgan fingerprint density at radius 1 is 1.00 bits per heavy atom. The molecule has 0 saturated carbocycles. The molecular formula is C15H16S. The third-order valence-electron chi connectivity index (χ3n) is 2.92. The number of fused-ring (bicyclic) bond motifs is 1. The first kappa shape index (κ1) is 11.3. The monoisotopic (exact) mass is 228 g/mol. The highest BCUT2D eigenvalue weighted by Gasteiger charge is 2.10. The van der Waals surface area contributed by atoms with E-state index in [0.29, 0.717) is 0 Å². The van der Waals surface area contributed by atoms with Gasteiger partial charge in [0, 0.05) is 10.6 Å². The Labute approximate surface area is 102 Å². The predicted molar refractivity (Wildman–Crippen MR) is 72.9 cm³/mol. The molecule has 0 unspecified atom stereocenters. The zero-order valence-electron chi connectivity index (χ0n) is 9.41. The second-order valence-corrected chi connectivity index (χ2v) is 4.87. The van der Waals surface area contributed by atoms with Crippen LogP contribution in [0.1, 0.15) is 12.0 Å². The van der Waals surface area contributed by atoms with Gasteiger partial charge in [-0.3, -0.25) is 0 Å². The average Bonchev–Trinajstić information content (AvgIpc) is 2.31. The number of benzene rings is 1. The summed E-state index contributed by atoms with van der Waals surface area (Å²) in [5.41, 5.74) is 4.13. The molecule has 2 rings (SSSR count). The predicted octanol–water partition coefficient (Wildman–Crippen LogP) is 4.39. The van der Waals surface area contributed by atoms with Crippen molar-refractivity contribution in [2.45, 2.75) is 17.7 Å². The third-order valence-corrected chi connectivity index (χ3v) is 4.09. The van der Waals surface area contributed by atoms with Gasteiger partial charge in [-0.05, 0) is 35.6 Å². The number of rotatable bonds is 2. The van der Waals surface area contributed by atoms with Crippen LogP contribution in [0.3, 0.4) is 0 Å². The summed E-state index contributed by atoms with van der Waals surface area (Å²) in [7, 11) is 0. The van der Waals surface area contributed by atoms with Gasteiger partial charge in [-0.15, -0.1) is 11.8 Å². The Bertz CT molecular complexity index is 400. The fourth-order valence-electron chi connectivity index (χ4n) is 1.95. The fourth-order valence-corrected chi connectivity index (χ4v) is 3.10. The Morgan fingerprint density at radius 3 is 2.50 bits per heavy atom. The van der Waals surface area contributed by atoms with Crippen LogP contribution in [0.4, 0.5) is 0 Å². The zero-order valence-corrected chi connectivity index (χ0v) is 10.2. The Kier molecular flexibility index (Phi) is 3.68. The lowest BCUT2D eigenvalue weighted by Gasteiger charge is -2.16. The molecule has 1 heterocycles. The van der Waals surface area contributed by atoms with Crippen molar-refractivity contribution in [3.63, 3.8) is 0 Å². The molecule has 0 radical (unpaired) electrons. The van der Waals surface area contributed by atoms with Crippen LogP contribution in [0.2, 0.25) is 0 Å². The molecule has 0 amide bonds. The van der Waals surface area contributed by atoms with Gasteiger partial charge in [0.1, 0.15) is 0 Å². The first-order valence-corrected chi connectivity index (χ1v) is 6.51. The summed E-state index contributed by atoms with van der Waals surface area (Å²) in [5, 5.41) is 0. The van der Waals surface area contributed by atoms with Crippen molar-refractivity contribution in [1.82, 2.24) is 0 Å². The van der Waals surface area contributed by atoms with Crippen molar-refractivity contribution in [3.8, 4) is 0 Å². The number of aryl methyl sites for hydroxylation is 1.